The van der Waals surface area contributed by atoms with Crippen LogP contribution in [0.1, 0.15) is 86.1 Å². The number of methoxy groups -OCH3 is 1. The summed E-state index contributed by atoms with van der Waals surface area (Å²) < 4.78 is 5.89. The fraction of sp³-hybridized carbons (Fsp3) is 0.730. The molecule has 1 aliphatic heterocycles. The van der Waals surface area contributed by atoms with E-state index in [0.29, 0.717) is 19.5 Å². The summed E-state index contributed by atoms with van der Waals surface area (Å²) in [5, 5.41) is 9.11. The van der Waals surface area contributed by atoms with Crippen molar-refractivity contribution in [3.63, 3.8) is 0 Å². The summed E-state index contributed by atoms with van der Waals surface area (Å²) in [6, 6.07) is 8.61. The lowest BCUT2D eigenvalue weighted by Crippen LogP contribution is -2.57. The van der Waals surface area contributed by atoms with E-state index in [0.717, 1.165) is 31.2 Å². The van der Waals surface area contributed by atoms with Crippen molar-refractivity contribution in [3.8, 4) is 0 Å². The number of carbonyl (C=O) groups is 4. The maximum Gasteiger partial charge on any atom is 0.245 e. The van der Waals surface area contributed by atoms with Crippen molar-refractivity contribution in [1.82, 2.24) is 25.8 Å². The number of rotatable bonds is 19. The molecule has 7 atom stereocenters. The Morgan fingerprint density at radius 1 is 0.979 bits per heavy atom. The van der Waals surface area contributed by atoms with Crippen LogP contribution < -0.4 is 16.0 Å². The smallest absolute Gasteiger partial charge is 0.245 e. The lowest BCUT2D eigenvalue weighted by molar-refractivity contribution is -0.142. The van der Waals surface area contributed by atoms with E-state index >= 15 is 0 Å². The molecule has 1 fully saturated rings. The Labute approximate surface area is 284 Å². The van der Waals surface area contributed by atoms with Gasteiger partial charge in [0.1, 0.15) is 6.04 Å². The summed E-state index contributed by atoms with van der Waals surface area (Å²) >= 11 is 0. The summed E-state index contributed by atoms with van der Waals surface area (Å²) in [6.45, 7) is 15.0. The zero-order valence-corrected chi connectivity index (χ0v) is 30.7. The minimum Gasteiger partial charge on any atom is -0.378 e. The molecule has 0 saturated carbocycles. The molecular formula is C37H63N5O5. The van der Waals surface area contributed by atoms with Gasteiger partial charge in [-0.2, -0.15) is 0 Å². The molecule has 10 heteroatoms. The molecule has 1 saturated heterocycles. The largest absolute Gasteiger partial charge is 0.378 e. The highest BCUT2D eigenvalue weighted by Crippen LogP contribution is 2.28. The monoisotopic (exact) mass is 657 g/mol. The highest BCUT2D eigenvalue weighted by atomic mass is 16.5. The predicted molar refractivity (Wildman–Crippen MR) is 188 cm³/mol. The standard InChI is InChI=1S/C37H63N5O5/c1-11-26(6)29(41(9)37(46)33(25(4)5)40-36(45)32(38-8)24(2)3)19-20-31(43)42-23-15-18-30(42)34(47-10)27(7)35(44)39-22-21-28-16-13-12-14-17-28/h12-14,16-17,24-27,29-30,32-34,38H,11,15,18-23H2,1-10H3,(H,39,44)(H,40,45)/t26-,27+,29-,30-,32-,33-,34+/m0/s1. The molecule has 10 nitrogen and oxygen atoms in total. The van der Waals surface area contributed by atoms with E-state index in [1.807, 2.05) is 69.9 Å². The Morgan fingerprint density at radius 2 is 1.62 bits per heavy atom. The van der Waals surface area contributed by atoms with Crippen LogP contribution in [0.15, 0.2) is 30.3 Å². The van der Waals surface area contributed by atoms with Crippen molar-refractivity contribution >= 4 is 23.6 Å². The molecule has 0 aromatic heterocycles. The van der Waals surface area contributed by atoms with Crippen LogP contribution in [-0.2, 0) is 30.3 Å². The number of nitrogens with zero attached hydrogens (tertiary/aromatic N) is 2. The maximum absolute atomic E-state index is 13.9. The third kappa shape index (κ3) is 11.3. The number of nitrogens with one attached hydrogen (secondary N) is 3. The Balaban J connectivity index is 2.08. The van der Waals surface area contributed by atoms with E-state index < -0.39 is 24.1 Å². The van der Waals surface area contributed by atoms with Gasteiger partial charge in [0, 0.05) is 39.7 Å². The molecule has 0 aliphatic carbocycles. The molecular weight excluding hydrogens is 594 g/mol. The average Bonchev–Trinajstić information content (AvgIpc) is 3.53. The molecule has 0 unspecified atom stereocenters. The number of benzene rings is 1. The van der Waals surface area contributed by atoms with Crippen LogP contribution in [0.3, 0.4) is 0 Å². The first-order valence-electron chi connectivity index (χ1n) is 17.7. The molecule has 0 radical (unpaired) electrons. The average molecular weight is 658 g/mol. The quantitative estimate of drug-likeness (QED) is 0.207. The number of likely N-dealkylation sites (tertiary alicyclic amines) is 1. The SMILES string of the molecule is CC[C@H](C)[C@H](CCC(=O)N1CCC[C@H]1[C@H](OC)[C@@H](C)C(=O)NCCc1ccccc1)N(C)C(=O)[C@@H](NC(=O)[C@@H](NC)C(C)C)C(C)C. The van der Waals surface area contributed by atoms with Gasteiger partial charge < -0.3 is 30.5 Å². The van der Waals surface area contributed by atoms with Crippen molar-refractivity contribution in [2.75, 3.05) is 34.3 Å². The molecule has 1 aromatic rings. The fourth-order valence-electron chi connectivity index (χ4n) is 6.88. The zero-order valence-electron chi connectivity index (χ0n) is 30.7. The van der Waals surface area contributed by atoms with Gasteiger partial charge >= 0.3 is 0 Å². The number of hydrogen-bond acceptors (Lipinski definition) is 6. The second-order valence-electron chi connectivity index (χ2n) is 14.0. The lowest BCUT2D eigenvalue weighted by Gasteiger charge is -2.37. The summed E-state index contributed by atoms with van der Waals surface area (Å²) in [4.78, 5) is 57.5. The van der Waals surface area contributed by atoms with E-state index in [1.165, 1.54) is 0 Å². The fourth-order valence-corrected chi connectivity index (χ4v) is 6.88. The molecule has 2 rings (SSSR count). The minimum absolute atomic E-state index is 0.0166. The number of carbonyl (C=O) groups excluding carboxylic acids is 4. The van der Waals surface area contributed by atoms with Crippen molar-refractivity contribution in [1.29, 1.82) is 0 Å². The maximum atomic E-state index is 13.9. The predicted octanol–water partition coefficient (Wildman–Crippen LogP) is 4.03. The molecule has 1 heterocycles. The molecule has 4 amide bonds. The summed E-state index contributed by atoms with van der Waals surface area (Å²) in [5.74, 6) is -0.697. The molecule has 47 heavy (non-hydrogen) atoms. The first-order chi connectivity index (χ1) is 22.3. The molecule has 0 bridgehead atoms. The molecule has 0 spiro atoms. The summed E-state index contributed by atoms with van der Waals surface area (Å²) in [7, 11) is 5.16. The van der Waals surface area contributed by atoms with Crippen LogP contribution in [-0.4, -0.2) is 98.0 Å². The van der Waals surface area contributed by atoms with Gasteiger partial charge in [0.05, 0.1) is 24.1 Å². The Kier molecular flexibility index (Phi) is 16.9. The second-order valence-corrected chi connectivity index (χ2v) is 14.0. The molecule has 266 valence electrons. The lowest BCUT2D eigenvalue weighted by atomic mass is 9.91. The summed E-state index contributed by atoms with van der Waals surface area (Å²) in [6.07, 6.45) is 3.60. The molecule has 1 aromatic carbocycles. The third-order valence-corrected chi connectivity index (χ3v) is 10.0. The third-order valence-electron chi connectivity index (χ3n) is 10.0. The topological polar surface area (TPSA) is 120 Å². The van der Waals surface area contributed by atoms with Crippen LogP contribution in [0.4, 0.5) is 0 Å². The van der Waals surface area contributed by atoms with E-state index in [9.17, 15) is 19.2 Å². The normalized spacial score (nSPS) is 18.7. The van der Waals surface area contributed by atoms with Gasteiger partial charge in [0.2, 0.25) is 23.6 Å². The Hall–Kier alpha value is -2.98. The van der Waals surface area contributed by atoms with Gasteiger partial charge in [-0.05, 0) is 56.0 Å². The molecule has 1 aliphatic rings. The first kappa shape index (κ1) is 40.2. The van der Waals surface area contributed by atoms with Crippen LogP contribution in [0, 0.1) is 23.7 Å². The van der Waals surface area contributed by atoms with Crippen LogP contribution in [0.25, 0.3) is 0 Å². The van der Waals surface area contributed by atoms with Crippen LogP contribution >= 0.6 is 0 Å². The Morgan fingerprint density at radius 3 is 2.17 bits per heavy atom. The van der Waals surface area contributed by atoms with Crippen molar-refractivity contribution < 1.29 is 23.9 Å². The number of ether oxygens (including phenoxy) is 1. The van der Waals surface area contributed by atoms with Gasteiger partial charge in [0.15, 0.2) is 0 Å². The summed E-state index contributed by atoms with van der Waals surface area (Å²) in [5.41, 5.74) is 1.16. The van der Waals surface area contributed by atoms with Crippen molar-refractivity contribution in [3.05, 3.63) is 35.9 Å². The van der Waals surface area contributed by atoms with Gasteiger partial charge in [-0.1, -0.05) is 85.2 Å². The van der Waals surface area contributed by atoms with E-state index in [4.69, 9.17) is 4.74 Å². The van der Waals surface area contributed by atoms with Gasteiger partial charge in [-0.25, -0.2) is 0 Å². The van der Waals surface area contributed by atoms with Crippen LogP contribution in [0.2, 0.25) is 0 Å². The van der Waals surface area contributed by atoms with Gasteiger partial charge in [-0.15, -0.1) is 0 Å². The Bertz CT molecular complexity index is 1130. The minimum atomic E-state index is -0.671. The molecule has 3 N–H and O–H groups in total. The van der Waals surface area contributed by atoms with E-state index in [2.05, 4.69) is 29.8 Å². The van der Waals surface area contributed by atoms with Crippen molar-refractivity contribution in [2.24, 2.45) is 23.7 Å². The number of likely N-dealkylation sites (N-methyl/N-ethyl adjacent to an activating group) is 2. The highest BCUT2D eigenvalue weighted by Gasteiger charge is 2.40. The number of amides is 4. The van der Waals surface area contributed by atoms with E-state index in [1.54, 1.807) is 26.1 Å². The first-order valence-corrected chi connectivity index (χ1v) is 17.7. The van der Waals surface area contributed by atoms with E-state index in [-0.39, 0.29) is 59.9 Å². The second kappa shape index (κ2) is 19.7. The highest BCUT2D eigenvalue weighted by molar-refractivity contribution is 5.90. The number of hydrogen-bond donors (Lipinski definition) is 3. The van der Waals surface area contributed by atoms with Crippen molar-refractivity contribution in [2.45, 2.75) is 117 Å². The van der Waals surface area contributed by atoms with Gasteiger partial charge in [-0.3, -0.25) is 19.2 Å². The van der Waals surface area contributed by atoms with Gasteiger partial charge in [0.25, 0.3) is 0 Å². The van der Waals surface area contributed by atoms with Crippen LogP contribution in [0.5, 0.6) is 0 Å². The zero-order chi connectivity index (χ0) is 35.3.